The van der Waals surface area contributed by atoms with Gasteiger partial charge in [0, 0.05) is 26.0 Å². The van der Waals surface area contributed by atoms with Crippen molar-refractivity contribution in [3.63, 3.8) is 0 Å². The number of nitrogens with zero attached hydrogens (tertiary/aromatic N) is 1. The highest BCUT2D eigenvalue weighted by Gasteiger charge is 2.12. The molecule has 0 amide bonds. The number of aromatic nitrogens is 1. The first kappa shape index (κ1) is 17.3. The fourth-order valence-electron chi connectivity index (χ4n) is 3.15. The molecule has 0 radical (unpaired) electrons. The van der Waals surface area contributed by atoms with Crippen LogP contribution in [0.15, 0.2) is 12.1 Å². The van der Waals surface area contributed by atoms with E-state index in [1.54, 1.807) is 7.11 Å². The Morgan fingerprint density at radius 3 is 2.82 bits per heavy atom. The fraction of sp³-hybridized carbons (Fsp3) is 0.737. The van der Waals surface area contributed by atoms with Crippen molar-refractivity contribution >= 4 is 5.82 Å². The molecule has 1 aliphatic heterocycles. The molecule has 0 spiro atoms. The topological polar surface area (TPSA) is 34.1 Å². The Labute approximate surface area is 135 Å². The van der Waals surface area contributed by atoms with Gasteiger partial charge < -0.3 is 10.1 Å². The van der Waals surface area contributed by atoms with E-state index in [4.69, 9.17) is 9.72 Å². The highest BCUT2D eigenvalue weighted by molar-refractivity contribution is 5.46. The van der Waals surface area contributed by atoms with Crippen molar-refractivity contribution in [1.82, 2.24) is 4.98 Å². The molecule has 0 bridgehead atoms. The zero-order valence-electron chi connectivity index (χ0n) is 14.5. The Balaban J connectivity index is 1.68. The molecule has 0 fully saturated rings. The summed E-state index contributed by atoms with van der Waals surface area (Å²) in [5.41, 5.74) is 2.63. The normalized spacial score (nSPS) is 16.7. The minimum Gasteiger partial charge on any atom is -0.385 e. The second-order valence-corrected chi connectivity index (χ2v) is 6.82. The number of unbranched alkanes of at least 4 members (excludes halogenated alkanes) is 1. The van der Waals surface area contributed by atoms with Gasteiger partial charge in [-0.05, 0) is 55.6 Å². The molecular formula is C19H32N2O. The van der Waals surface area contributed by atoms with Crippen LogP contribution in [-0.4, -0.2) is 25.2 Å². The maximum absolute atomic E-state index is 5.18. The molecule has 2 heterocycles. The van der Waals surface area contributed by atoms with E-state index in [-0.39, 0.29) is 0 Å². The van der Waals surface area contributed by atoms with Crippen molar-refractivity contribution in [3.8, 4) is 0 Å². The van der Waals surface area contributed by atoms with Gasteiger partial charge in [0.15, 0.2) is 0 Å². The van der Waals surface area contributed by atoms with E-state index in [1.165, 1.54) is 49.8 Å². The number of rotatable bonds is 9. The molecule has 1 aliphatic rings. The number of hydrogen-bond donors (Lipinski definition) is 1. The summed E-state index contributed by atoms with van der Waals surface area (Å²) in [6, 6.07) is 4.48. The molecule has 0 aromatic carbocycles. The summed E-state index contributed by atoms with van der Waals surface area (Å²) in [5.74, 6) is 2.67. The lowest BCUT2D eigenvalue weighted by Crippen LogP contribution is -2.14. The zero-order chi connectivity index (χ0) is 15.8. The lowest BCUT2D eigenvalue weighted by atomic mass is 9.88. The van der Waals surface area contributed by atoms with Gasteiger partial charge in [0.1, 0.15) is 5.82 Å². The van der Waals surface area contributed by atoms with Crippen molar-refractivity contribution in [2.24, 2.45) is 11.8 Å². The van der Waals surface area contributed by atoms with Crippen LogP contribution in [0.25, 0.3) is 0 Å². The second-order valence-electron chi connectivity index (χ2n) is 6.82. The molecule has 2 rings (SSSR count). The molecule has 1 N–H and O–H groups in total. The van der Waals surface area contributed by atoms with Crippen molar-refractivity contribution < 1.29 is 4.74 Å². The smallest absolute Gasteiger partial charge is 0.129 e. The summed E-state index contributed by atoms with van der Waals surface area (Å²) in [4.78, 5) is 4.78. The number of hydrogen-bond acceptors (Lipinski definition) is 3. The monoisotopic (exact) mass is 304 g/mol. The quantitative estimate of drug-likeness (QED) is 0.684. The van der Waals surface area contributed by atoms with Gasteiger partial charge in [-0.15, -0.1) is 0 Å². The Morgan fingerprint density at radius 1 is 1.18 bits per heavy atom. The van der Waals surface area contributed by atoms with Crippen LogP contribution < -0.4 is 5.32 Å². The Morgan fingerprint density at radius 2 is 2.00 bits per heavy atom. The number of methoxy groups -OCH3 is 1. The third-order valence-electron chi connectivity index (χ3n) is 5.04. The van der Waals surface area contributed by atoms with Crippen LogP contribution in [0.4, 0.5) is 5.82 Å². The van der Waals surface area contributed by atoms with Crippen LogP contribution in [0.2, 0.25) is 0 Å². The van der Waals surface area contributed by atoms with E-state index in [0.29, 0.717) is 0 Å². The second kappa shape index (κ2) is 9.14. The van der Waals surface area contributed by atoms with E-state index in [9.17, 15) is 0 Å². The highest BCUT2D eigenvalue weighted by Crippen LogP contribution is 2.23. The van der Waals surface area contributed by atoms with Crippen molar-refractivity contribution in [2.45, 2.75) is 58.8 Å². The number of fused-ring (bicyclic) bond motifs is 1. The van der Waals surface area contributed by atoms with Gasteiger partial charge in [-0.2, -0.15) is 0 Å². The summed E-state index contributed by atoms with van der Waals surface area (Å²) in [7, 11) is 1.79. The molecule has 2 unspecified atom stereocenters. The predicted molar refractivity (Wildman–Crippen MR) is 93.4 cm³/mol. The van der Waals surface area contributed by atoms with Crippen molar-refractivity contribution in [3.05, 3.63) is 23.4 Å². The summed E-state index contributed by atoms with van der Waals surface area (Å²) in [5, 5.41) is 3.42. The maximum Gasteiger partial charge on any atom is 0.129 e. The minimum atomic E-state index is 0.756. The SMILES string of the molecule is COCCC(C)C(C)CCCCc1ccc2c(n1)NCCC2. The van der Waals surface area contributed by atoms with Gasteiger partial charge in [-0.25, -0.2) is 4.98 Å². The highest BCUT2D eigenvalue weighted by atomic mass is 16.5. The van der Waals surface area contributed by atoms with Gasteiger partial charge in [0.05, 0.1) is 0 Å². The molecule has 3 nitrogen and oxygen atoms in total. The number of nitrogens with one attached hydrogen (secondary N) is 1. The molecule has 1 aromatic rings. The standard InChI is InChI=1S/C19H32N2O/c1-15(16(2)12-14-22-3)7-4-5-9-18-11-10-17-8-6-13-20-19(17)21-18/h10-11,15-16H,4-9,12-14H2,1-3H3,(H,20,21). The largest absolute Gasteiger partial charge is 0.385 e. The lowest BCUT2D eigenvalue weighted by molar-refractivity contribution is 0.165. The third kappa shape index (κ3) is 5.28. The van der Waals surface area contributed by atoms with Crippen LogP contribution >= 0.6 is 0 Å². The number of aryl methyl sites for hydroxylation is 2. The molecule has 0 saturated carbocycles. The first-order valence-electron chi connectivity index (χ1n) is 8.92. The molecule has 1 aromatic heterocycles. The molecule has 124 valence electrons. The van der Waals surface area contributed by atoms with E-state index < -0.39 is 0 Å². The van der Waals surface area contributed by atoms with Gasteiger partial charge >= 0.3 is 0 Å². The van der Waals surface area contributed by atoms with E-state index in [1.807, 2.05) is 0 Å². The predicted octanol–water partition coefficient (Wildman–Crippen LogP) is 4.46. The third-order valence-corrected chi connectivity index (χ3v) is 5.04. The Hall–Kier alpha value is -1.09. The van der Waals surface area contributed by atoms with Crippen LogP contribution in [-0.2, 0) is 17.6 Å². The van der Waals surface area contributed by atoms with E-state index in [0.717, 1.165) is 37.2 Å². The van der Waals surface area contributed by atoms with E-state index >= 15 is 0 Å². The van der Waals surface area contributed by atoms with Gasteiger partial charge in [0.25, 0.3) is 0 Å². The molecule has 0 aliphatic carbocycles. The summed E-state index contributed by atoms with van der Waals surface area (Å²) in [6.07, 6.45) is 8.54. The maximum atomic E-state index is 5.18. The van der Waals surface area contributed by atoms with Crippen LogP contribution in [0.3, 0.4) is 0 Å². The molecule has 0 saturated heterocycles. The zero-order valence-corrected chi connectivity index (χ0v) is 14.5. The summed E-state index contributed by atoms with van der Waals surface area (Å²) >= 11 is 0. The van der Waals surface area contributed by atoms with Gasteiger partial charge in [-0.3, -0.25) is 0 Å². The first-order chi connectivity index (χ1) is 10.7. The minimum absolute atomic E-state index is 0.756. The molecule has 3 heteroatoms. The molecule has 2 atom stereocenters. The first-order valence-corrected chi connectivity index (χ1v) is 8.92. The van der Waals surface area contributed by atoms with Crippen molar-refractivity contribution in [2.75, 3.05) is 25.6 Å². The van der Waals surface area contributed by atoms with Crippen LogP contribution in [0, 0.1) is 11.8 Å². The Bertz CT molecular complexity index is 447. The van der Waals surface area contributed by atoms with Crippen LogP contribution in [0.5, 0.6) is 0 Å². The summed E-state index contributed by atoms with van der Waals surface area (Å²) < 4.78 is 5.18. The van der Waals surface area contributed by atoms with Gasteiger partial charge in [-0.1, -0.05) is 32.8 Å². The fourth-order valence-corrected chi connectivity index (χ4v) is 3.15. The number of pyridine rings is 1. The van der Waals surface area contributed by atoms with E-state index in [2.05, 4.69) is 31.3 Å². The number of anilines is 1. The Kier molecular flexibility index (Phi) is 7.17. The average molecular weight is 304 g/mol. The molecular weight excluding hydrogens is 272 g/mol. The molecule has 22 heavy (non-hydrogen) atoms. The van der Waals surface area contributed by atoms with Crippen molar-refractivity contribution in [1.29, 1.82) is 0 Å². The lowest BCUT2D eigenvalue weighted by Gasteiger charge is -2.19. The van der Waals surface area contributed by atoms with Crippen LogP contribution in [0.1, 0.15) is 57.2 Å². The average Bonchev–Trinajstić information content (AvgIpc) is 2.56. The summed E-state index contributed by atoms with van der Waals surface area (Å²) in [6.45, 7) is 6.68. The van der Waals surface area contributed by atoms with Gasteiger partial charge in [0.2, 0.25) is 0 Å². The number of ether oxygens (including phenoxy) is 1.